The number of rotatable bonds is 4. The van der Waals surface area contributed by atoms with Crippen molar-refractivity contribution < 1.29 is 0 Å². The summed E-state index contributed by atoms with van der Waals surface area (Å²) in [4.78, 5) is 8.75. The summed E-state index contributed by atoms with van der Waals surface area (Å²) in [7, 11) is 0. The Balaban J connectivity index is 1.30. The van der Waals surface area contributed by atoms with Crippen LogP contribution in [0.5, 0.6) is 0 Å². The lowest BCUT2D eigenvalue weighted by molar-refractivity contribution is 0.236. The number of hydrogen-bond acceptors (Lipinski definition) is 4. The first-order valence-electron chi connectivity index (χ1n) is 8.60. The van der Waals surface area contributed by atoms with Crippen molar-refractivity contribution >= 4 is 0 Å². The highest BCUT2D eigenvalue weighted by Crippen LogP contribution is 2.37. The number of fused-ring (bicyclic) bond motifs is 1. The Kier molecular flexibility index (Phi) is 3.23. The van der Waals surface area contributed by atoms with Gasteiger partial charge in [-0.05, 0) is 25.0 Å². The molecule has 1 aliphatic heterocycles. The van der Waals surface area contributed by atoms with E-state index < -0.39 is 0 Å². The Hall–Kier alpha value is -2.47. The van der Waals surface area contributed by atoms with Gasteiger partial charge in [-0.1, -0.05) is 18.2 Å². The van der Waals surface area contributed by atoms with Gasteiger partial charge in [0.1, 0.15) is 0 Å². The molecule has 0 spiro atoms. The van der Waals surface area contributed by atoms with Gasteiger partial charge in [0.05, 0.1) is 29.6 Å². The van der Waals surface area contributed by atoms with E-state index in [4.69, 9.17) is 0 Å². The van der Waals surface area contributed by atoms with Crippen molar-refractivity contribution in [2.45, 2.75) is 38.4 Å². The van der Waals surface area contributed by atoms with E-state index in [1.54, 1.807) is 4.80 Å². The zero-order chi connectivity index (χ0) is 15.9. The molecule has 6 heteroatoms. The highest BCUT2D eigenvalue weighted by molar-refractivity contribution is 5.28. The second-order valence-electron chi connectivity index (χ2n) is 6.70. The van der Waals surface area contributed by atoms with Gasteiger partial charge in [0.15, 0.2) is 0 Å². The van der Waals surface area contributed by atoms with E-state index in [1.165, 1.54) is 24.2 Å². The molecule has 1 fully saturated rings. The van der Waals surface area contributed by atoms with Crippen LogP contribution in [0.15, 0.2) is 42.9 Å². The van der Waals surface area contributed by atoms with Crippen LogP contribution in [0.25, 0.3) is 5.69 Å². The fourth-order valence-corrected chi connectivity index (χ4v) is 3.47. The molecule has 1 aliphatic carbocycles. The zero-order valence-electron chi connectivity index (χ0n) is 13.5. The van der Waals surface area contributed by atoms with E-state index in [-0.39, 0.29) is 0 Å². The summed E-state index contributed by atoms with van der Waals surface area (Å²) in [6, 6.07) is 10.8. The third kappa shape index (κ3) is 2.53. The average molecular weight is 320 g/mol. The smallest absolute Gasteiger partial charge is 0.0971 e. The molecule has 0 atom stereocenters. The molecule has 122 valence electrons. The number of para-hydroxylation sites is 1. The Labute approximate surface area is 140 Å². The van der Waals surface area contributed by atoms with Gasteiger partial charge in [0.2, 0.25) is 0 Å². The van der Waals surface area contributed by atoms with Crippen molar-refractivity contribution in [2.24, 2.45) is 0 Å². The zero-order valence-corrected chi connectivity index (χ0v) is 13.5. The lowest BCUT2D eigenvalue weighted by atomic mass is 10.1. The molecule has 2 aromatic heterocycles. The molecule has 1 aromatic carbocycles. The normalized spacial score (nSPS) is 17.8. The van der Waals surface area contributed by atoms with E-state index >= 15 is 0 Å². The summed E-state index contributed by atoms with van der Waals surface area (Å²) in [5.41, 5.74) is 4.68. The van der Waals surface area contributed by atoms with Gasteiger partial charge < -0.3 is 4.57 Å². The van der Waals surface area contributed by atoms with Crippen LogP contribution in [0.3, 0.4) is 0 Å². The molecule has 1 saturated carbocycles. The van der Waals surface area contributed by atoms with Crippen LogP contribution >= 0.6 is 0 Å². The summed E-state index contributed by atoms with van der Waals surface area (Å²) in [6.45, 7) is 2.79. The van der Waals surface area contributed by atoms with Crippen LogP contribution in [-0.2, 0) is 19.5 Å². The first kappa shape index (κ1) is 13.9. The minimum Gasteiger partial charge on any atom is -0.331 e. The van der Waals surface area contributed by atoms with E-state index in [0.29, 0.717) is 0 Å². The summed E-state index contributed by atoms with van der Waals surface area (Å²) < 4.78 is 2.40. The Morgan fingerprint density at radius 3 is 2.83 bits per heavy atom. The third-order valence-corrected chi connectivity index (χ3v) is 4.87. The van der Waals surface area contributed by atoms with Gasteiger partial charge >= 0.3 is 0 Å². The van der Waals surface area contributed by atoms with Crippen molar-refractivity contribution in [2.75, 3.05) is 6.54 Å². The number of aromatic nitrogens is 5. The first-order valence-corrected chi connectivity index (χ1v) is 8.60. The van der Waals surface area contributed by atoms with Crippen LogP contribution in [0.2, 0.25) is 0 Å². The molecule has 0 radical (unpaired) electrons. The number of hydrogen-bond donors (Lipinski definition) is 0. The average Bonchev–Trinajstić information content (AvgIpc) is 3.21. The van der Waals surface area contributed by atoms with Crippen molar-refractivity contribution in [1.82, 2.24) is 29.4 Å². The monoisotopic (exact) mass is 320 g/mol. The molecule has 5 rings (SSSR count). The fraction of sp³-hybridized carbons (Fsp3) is 0.389. The molecule has 24 heavy (non-hydrogen) atoms. The fourth-order valence-electron chi connectivity index (χ4n) is 3.47. The van der Waals surface area contributed by atoms with Crippen LogP contribution in [0.1, 0.15) is 36.0 Å². The van der Waals surface area contributed by atoms with Crippen molar-refractivity contribution in [3.8, 4) is 5.69 Å². The molecular weight excluding hydrogens is 300 g/mol. The van der Waals surface area contributed by atoms with E-state index in [1.807, 2.05) is 42.9 Å². The SMILES string of the molecule is c1ccc(-n2ncc(CN3CCc4c(ncn4C4CC4)C3)n2)cc1. The van der Waals surface area contributed by atoms with Crippen molar-refractivity contribution in [3.63, 3.8) is 0 Å². The van der Waals surface area contributed by atoms with Gasteiger partial charge in [-0.3, -0.25) is 4.90 Å². The summed E-state index contributed by atoms with van der Waals surface area (Å²) in [5, 5.41) is 9.00. The molecule has 0 amide bonds. The topological polar surface area (TPSA) is 51.8 Å². The van der Waals surface area contributed by atoms with Gasteiger partial charge in [-0.25, -0.2) is 4.98 Å². The van der Waals surface area contributed by atoms with Crippen LogP contribution in [0, 0.1) is 0 Å². The van der Waals surface area contributed by atoms with E-state index in [9.17, 15) is 0 Å². The molecule has 0 unspecified atom stereocenters. The Morgan fingerprint density at radius 2 is 2.00 bits per heavy atom. The van der Waals surface area contributed by atoms with Crippen molar-refractivity contribution in [3.05, 3.63) is 59.9 Å². The molecule has 3 aromatic rings. The molecule has 0 N–H and O–H groups in total. The second kappa shape index (κ2) is 5.56. The van der Waals surface area contributed by atoms with Crippen LogP contribution in [0.4, 0.5) is 0 Å². The van der Waals surface area contributed by atoms with Gasteiger partial charge in [0, 0.05) is 37.8 Å². The molecule has 2 aliphatic rings. The summed E-state index contributed by atoms with van der Waals surface area (Å²) in [5.74, 6) is 0. The van der Waals surface area contributed by atoms with Crippen LogP contribution in [-0.4, -0.2) is 36.0 Å². The molecule has 3 heterocycles. The van der Waals surface area contributed by atoms with Crippen LogP contribution < -0.4 is 0 Å². The number of imidazole rings is 1. The molecule has 6 nitrogen and oxygen atoms in total. The molecule has 0 saturated heterocycles. The number of nitrogens with zero attached hydrogens (tertiary/aromatic N) is 6. The lowest BCUT2D eigenvalue weighted by Gasteiger charge is -2.26. The second-order valence-corrected chi connectivity index (χ2v) is 6.70. The summed E-state index contributed by atoms with van der Waals surface area (Å²) in [6.07, 6.45) is 7.62. The minimum atomic E-state index is 0.721. The Morgan fingerprint density at radius 1 is 1.12 bits per heavy atom. The summed E-state index contributed by atoms with van der Waals surface area (Å²) >= 11 is 0. The largest absolute Gasteiger partial charge is 0.331 e. The maximum absolute atomic E-state index is 4.64. The van der Waals surface area contributed by atoms with Crippen molar-refractivity contribution in [1.29, 1.82) is 0 Å². The standard InChI is InChI=1S/C18H20N6/c1-2-4-16(5-3-1)24-20-10-14(21-24)11-22-9-8-18-17(12-22)19-13-23(18)15-6-7-15/h1-5,10,13,15H,6-9,11-12H2. The third-order valence-electron chi connectivity index (χ3n) is 4.87. The minimum absolute atomic E-state index is 0.721. The maximum Gasteiger partial charge on any atom is 0.0971 e. The van der Waals surface area contributed by atoms with E-state index in [2.05, 4.69) is 24.6 Å². The lowest BCUT2D eigenvalue weighted by Crippen LogP contribution is -2.31. The molecule has 0 bridgehead atoms. The predicted molar refractivity (Wildman–Crippen MR) is 89.7 cm³/mol. The van der Waals surface area contributed by atoms with Gasteiger partial charge in [-0.15, -0.1) is 0 Å². The first-order chi connectivity index (χ1) is 11.9. The molecular formula is C18H20N6. The quantitative estimate of drug-likeness (QED) is 0.740. The van der Waals surface area contributed by atoms with Gasteiger partial charge in [-0.2, -0.15) is 15.0 Å². The highest BCUT2D eigenvalue weighted by atomic mass is 15.5. The maximum atomic E-state index is 4.64. The van der Waals surface area contributed by atoms with E-state index in [0.717, 1.165) is 43.5 Å². The van der Waals surface area contributed by atoms with Gasteiger partial charge in [0.25, 0.3) is 0 Å². The highest BCUT2D eigenvalue weighted by Gasteiger charge is 2.29. The predicted octanol–water partition coefficient (Wildman–Crippen LogP) is 2.36. The Bertz CT molecular complexity index is 846. The number of benzene rings is 1.